The maximum atomic E-state index is 13.4. The Morgan fingerprint density at radius 2 is 1.15 bits per heavy atom. The molecule has 4 rings (SSSR count). The topological polar surface area (TPSA) is 47.0 Å². The molecule has 3 unspecified atom stereocenters. The molecule has 3 atom stereocenters. The highest BCUT2D eigenvalue weighted by Gasteiger charge is 2.23. The lowest BCUT2D eigenvalue weighted by Crippen LogP contribution is -2.35. The summed E-state index contributed by atoms with van der Waals surface area (Å²) in [5, 5.41) is 11.1. The molecule has 184 valence electrons. The molecule has 5 heteroatoms. The van der Waals surface area contributed by atoms with Gasteiger partial charge in [-0.25, -0.2) is 0 Å². The van der Waals surface area contributed by atoms with Crippen LogP contribution in [0.4, 0.5) is 0 Å². The zero-order valence-electron chi connectivity index (χ0n) is 21.2. The van der Waals surface area contributed by atoms with Crippen LogP contribution in [0.25, 0.3) is 0 Å². The zero-order valence-corrected chi connectivity index (χ0v) is 21.2. The van der Waals surface area contributed by atoms with Gasteiger partial charge in [-0.1, -0.05) is 20.8 Å². The molecule has 0 saturated carbocycles. The van der Waals surface area contributed by atoms with Crippen molar-refractivity contribution in [2.24, 2.45) is 17.8 Å². The molecule has 3 saturated heterocycles. The standard InChI is InChI=1S/C28H45N3O2/c1-21-7-4-10-29(15-21)18-24-13-25(19-30-11-5-8-22(2)16-30)27(32)28(33)26(14-24)20-31-12-6-9-23(3)17-31/h13-14,21-23H,4-12,15-20H2,1-3H3,(H,32,33). The van der Waals surface area contributed by atoms with Crippen LogP contribution in [0, 0.1) is 17.8 Å². The van der Waals surface area contributed by atoms with Crippen molar-refractivity contribution < 1.29 is 5.11 Å². The van der Waals surface area contributed by atoms with Gasteiger partial charge in [0.25, 0.3) is 0 Å². The summed E-state index contributed by atoms with van der Waals surface area (Å²) in [6, 6.07) is 4.25. The fourth-order valence-electron chi connectivity index (χ4n) is 6.28. The van der Waals surface area contributed by atoms with Gasteiger partial charge >= 0.3 is 0 Å². The van der Waals surface area contributed by atoms with Crippen LogP contribution in [0.3, 0.4) is 0 Å². The summed E-state index contributed by atoms with van der Waals surface area (Å²) in [5.74, 6) is 2.05. The minimum Gasteiger partial charge on any atom is -0.504 e. The van der Waals surface area contributed by atoms with Gasteiger partial charge in [-0.2, -0.15) is 0 Å². The first-order valence-corrected chi connectivity index (χ1v) is 13.4. The summed E-state index contributed by atoms with van der Waals surface area (Å²) >= 11 is 0. The van der Waals surface area contributed by atoms with Gasteiger partial charge in [-0.3, -0.25) is 19.5 Å². The van der Waals surface area contributed by atoms with Gasteiger partial charge in [0, 0.05) is 50.4 Å². The van der Waals surface area contributed by atoms with Crippen molar-refractivity contribution in [2.75, 3.05) is 39.3 Å². The van der Waals surface area contributed by atoms with Crippen molar-refractivity contribution >= 4 is 0 Å². The van der Waals surface area contributed by atoms with E-state index in [-0.39, 0.29) is 11.2 Å². The van der Waals surface area contributed by atoms with Crippen LogP contribution in [-0.2, 0) is 19.6 Å². The third-order valence-corrected chi connectivity index (χ3v) is 7.95. The van der Waals surface area contributed by atoms with Gasteiger partial charge < -0.3 is 5.11 Å². The molecule has 0 spiro atoms. The molecule has 0 radical (unpaired) electrons. The van der Waals surface area contributed by atoms with Crippen LogP contribution in [-0.4, -0.2) is 59.1 Å². The second-order valence-corrected chi connectivity index (χ2v) is 11.5. The molecule has 33 heavy (non-hydrogen) atoms. The van der Waals surface area contributed by atoms with Crippen LogP contribution in [0.2, 0.25) is 0 Å². The first-order valence-electron chi connectivity index (χ1n) is 13.4. The largest absolute Gasteiger partial charge is 0.504 e. The Morgan fingerprint density at radius 1 is 0.727 bits per heavy atom. The van der Waals surface area contributed by atoms with E-state index >= 15 is 0 Å². The Bertz CT molecular complexity index is 858. The highest BCUT2D eigenvalue weighted by molar-refractivity contribution is 5.38. The molecule has 5 nitrogen and oxygen atoms in total. The quantitative estimate of drug-likeness (QED) is 0.687. The Kier molecular flexibility index (Phi) is 8.48. The predicted octanol–water partition coefficient (Wildman–Crippen LogP) is 4.45. The van der Waals surface area contributed by atoms with Crippen LogP contribution in [0.1, 0.15) is 76.0 Å². The summed E-state index contributed by atoms with van der Waals surface area (Å²) in [7, 11) is 0. The first kappa shape index (κ1) is 24.7. The van der Waals surface area contributed by atoms with Gasteiger partial charge in [0.1, 0.15) is 0 Å². The monoisotopic (exact) mass is 455 g/mol. The van der Waals surface area contributed by atoms with E-state index in [0.717, 1.165) is 62.9 Å². The third kappa shape index (κ3) is 6.80. The Labute approximate surface area is 200 Å². The van der Waals surface area contributed by atoms with E-state index in [0.29, 0.717) is 24.9 Å². The van der Waals surface area contributed by atoms with E-state index in [1.807, 2.05) is 0 Å². The van der Waals surface area contributed by atoms with E-state index in [9.17, 15) is 9.90 Å². The highest BCUT2D eigenvalue weighted by Crippen LogP contribution is 2.25. The lowest BCUT2D eigenvalue weighted by atomic mass is 9.99. The molecule has 3 heterocycles. The number of rotatable bonds is 6. The number of hydrogen-bond donors (Lipinski definition) is 1. The summed E-state index contributed by atoms with van der Waals surface area (Å²) in [6.45, 7) is 15.5. The SMILES string of the molecule is CC1CCCN(Cc2cc(CN3CCCC(C)C3)c(O)c(=O)c(CN3CCCC(C)C3)c2)C1. The zero-order chi connectivity index (χ0) is 23.4. The van der Waals surface area contributed by atoms with Crippen LogP contribution in [0.5, 0.6) is 5.75 Å². The Morgan fingerprint density at radius 3 is 1.64 bits per heavy atom. The maximum Gasteiger partial charge on any atom is 0.224 e. The lowest BCUT2D eigenvalue weighted by molar-refractivity contribution is 0.173. The van der Waals surface area contributed by atoms with Crippen molar-refractivity contribution in [2.45, 2.75) is 78.9 Å². The van der Waals surface area contributed by atoms with Gasteiger partial charge in [0.15, 0.2) is 5.75 Å². The smallest absolute Gasteiger partial charge is 0.224 e. The molecular formula is C28H45N3O2. The van der Waals surface area contributed by atoms with Crippen LogP contribution in [0.15, 0.2) is 16.9 Å². The second-order valence-electron chi connectivity index (χ2n) is 11.5. The molecule has 0 amide bonds. The minimum atomic E-state index is -0.161. The highest BCUT2D eigenvalue weighted by atomic mass is 16.3. The van der Waals surface area contributed by atoms with E-state index in [1.54, 1.807) is 0 Å². The fourth-order valence-corrected chi connectivity index (χ4v) is 6.28. The molecule has 1 aromatic carbocycles. The number of aromatic hydroxyl groups is 1. The van der Waals surface area contributed by atoms with Crippen molar-refractivity contribution in [3.63, 3.8) is 0 Å². The van der Waals surface area contributed by atoms with Crippen molar-refractivity contribution in [3.8, 4) is 5.75 Å². The van der Waals surface area contributed by atoms with Gasteiger partial charge in [0.2, 0.25) is 5.43 Å². The minimum absolute atomic E-state index is 0.0217. The molecule has 3 fully saturated rings. The summed E-state index contributed by atoms with van der Waals surface area (Å²) < 4.78 is 0. The van der Waals surface area contributed by atoms with Gasteiger partial charge in [-0.15, -0.1) is 0 Å². The summed E-state index contributed by atoms with van der Waals surface area (Å²) in [6.07, 6.45) is 7.48. The van der Waals surface area contributed by atoms with E-state index in [4.69, 9.17) is 0 Å². The molecule has 0 aliphatic carbocycles. The molecule has 0 aromatic heterocycles. The first-order chi connectivity index (χ1) is 15.9. The molecular weight excluding hydrogens is 410 g/mol. The number of nitrogens with zero attached hydrogens (tertiary/aromatic N) is 3. The van der Waals surface area contributed by atoms with E-state index in [2.05, 4.69) is 47.6 Å². The van der Waals surface area contributed by atoms with E-state index in [1.165, 1.54) is 44.1 Å². The number of likely N-dealkylation sites (tertiary alicyclic amines) is 3. The average Bonchev–Trinajstić information content (AvgIpc) is 2.86. The predicted molar refractivity (Wildman–Crippen MR) is 135 cm³/mol. The Hall–Kier alpha value is -1.43. The molecule has 3 aliphatic rings. The Balaban J connectivity index is 1.63. The summed E-state index contributed by atoms with van der Waals surface area (Å²) in [5.41, 5.74) is 2.60. The number of piperidine rings is 3. The second kappa shape index (κ2) is 11.3. The van der Waals surface area contributed by atoms with E-state index < -0.39 is 0 Å². The van der Waals surface area contributed by atoms with Gasteiger partial charge in [-0.05, 0) is 93.6 Å². The third-order valence-electron chi connectivity index (χ3n) is 7.95. The normalized spacial score (nSPS) is 28.2. The van der Waals surface area contributed by atoms with Crippen LogP contribution < -0.4 is 5.43 Å². The van der Waals surface area contributed by atoms with Crippen LogP contribution >= 0.6 is 0 Å². The molecule has 3 aliphatic heterocycles. The molecule has 1 aromatic rings. The maximum absolute atomic E-state index is 13.4. The fraction of sp³-hybridized carbons (Fsp3) is 0.750. The summed E-state index contributed by atoms with van der Waals surface area (Å²) in [4.78, 5) is 20.8. The van der Waals surface area contributed by atoms with Gasteiger partial charge in [0.05, 0.1) is 0 Å². The van der Waals surface area contributed by atoms with Crippen molar-refractivity contribution in [1.29, 1.82) is 0 Å². The lowest BCUT2D eigenvalue weighted by Gasteiger charge is -2.31. The van der Waals surface area contributed by atoms with Crippen molar-refractivity contribution in [1.82, 2.24) is 14.7 Å². The number of hydrogen-bond acceptors (Lipinski definition) is 5. The van der Waals surface area contributed by atoms with Crippen molar-refractivity contribution in [3.05, 3.63) is 39.0 Å². The molecule has 0 bridgehead atoms. The molecule has 1 N–H and O–H groups in total. The average molecular weight is 456 g/mol.